The Kier molecular flexibility index (Phi) is 24.8. The lowest BCUT2D eigenvalue weighted by Gasteiger charge is -2.54. The van der Waals surface area contributed by atoms with Gasteiger partial charge in [0, 0.05) is 29.8 Å². The number of phenolic OH excluding ortho intramolecular Hbond substituents is 3. The number of hydrogen-bond donors (Lipinski definition) is 18. The van der Waals surface area contributed by atoms with Gasteiger partial charge in [-0.2, -0.15) is 0 Å². The first kappa shape index (κ1) is 83.5. The van der Waals surface area contributed by atoms with Gasteiger partial charge in [0.05, 0.1) is 29.0 Å². The molecule has 6 heterocycles. The van der Waals surface area contributed by atoms with E-state index in [1.165, 1.54) is 56.4 Å². The molecule has 4 saturated carbocycles. The number of carbonyl (C=O) groups is 8. The first-order valence-electron chi connectivity index (χ1n) is 38.0. The first-order valence-corrected chi connectivity index (χ1v) is 39.9. The van der Waals surface area contributed by atoms with Crippen molar-refractivity contribution < 1.29 is 116 Å². The standard InChI is InChI=1S/C80H93ClN10O24S/c1-34(2)19-50(82-4)73(102)88-65-67(97)39-8-15-54(35(3)20-39)112-56-28-43-29-57(72(56)115-80-71(101)70(100)69(99)58(33-92)114-80)113-55-16-9-40(27-49(55)81)68(98)66-79(108)87-64(77(106)84-61-41-22-36-21-37(24-41)25-42(61)23-36)48-30-44(93)31-53(95)60(48)47-26-38(7-14-52(47)94)62(75(104)89-66)86-76(105)63(43)85-74(103)51(83-78(65)107)32-59(96)90-116(109,110)46-12-10-45(11-13-46)111-18-17-91(5)6/h7-16,20,26-31,34,36-37,41-42,50-51,58,61-71,80,82,92-95,97-101H,17-19,21-25,32-33H2,1-6H3,(H,83,107)(H,84,106)(H,85,103)(H,86,105)(H,87,108)(H,88,102)(H,89,104)(H,90,96)/t36?,37?,41?,42?,50-,51+,58-,61?,62-,63-,64+,65-,66+,67-,68-,69-,70+,71-,80+/m1/s1. The highest BCUT2D eigenvalue weighted by Gasteiger charge is 2.51. The van der Waals surface area contributed by atoms with Gasteiger partial charge in [-0.25, -0.2) is 13.1 Å². The number of hydrogen-bond acceptors (Lipinski definition) is 26. The lowest BCUT2D eigenvalue weighted by atomic mass is 9.54. The summed E-state index contributed by atoms with van der Waals surface area (Å²) in [4.78, 5) is 125. The third-order valence-corrected chi connectivity index (χ3v) is 24.0. The van der Waals surface area contributed by atoms with Gasteiger partial charge >= 0.3 is 0 Å². The number of aliphatic hydroxyl groups excluding tert-OH is 6. The molecule has 18 N–H and O–H groups in total. The molecule has 0 unspecified atom stereocenters. The summed E-state index contributed by atoms with van der Waals surface area (Å²) in [5.74, 6) is -13.4. The minimum absolute atomic E-state index is 0.0614. The summed E-state index contributed by atoms with van der Waals surface area (Å²) < 4.78 is 61.6. The van der Waals surface area contributed by atoms with Crippen molar-refractivity contribution in [2.75, 3.05) is 40.9 Å². The lowest BCUT2D eigenvalue weighted by molar-refractivity contribution is -0.277. The predicted molar refractivity (Wildman–Crippen MR) is 411 cm³/mol. The minimum Gasteiger partial charge on any atom is -0.508 e. The Balaban J connectivity index is 0.996. The molecule has 34 nitrogen and oxygen atoms in total. The zero-order valence-electron chi connectivity index (χ0n) is 63.8. The minimum atomic E-state index is -4.89. The zero-order valence-corrected chi connectivity index (χ0v) is 65.4. The highest BCUT2D eigenvalue weighted by molar-refractivity contribution is 7.90. The van der Waals surface area contributed by atoms with E-state index >= 15 is 28.8 Å². The monoisotopic (exact) mass is 1640 g/mol. The molecule has 0 radical (unpaired) electrons. The second-order valence-electron chi connectivity index (χ2n) is 31.3. The summed E-state index contributed by atoms with van der Waals surface area (Å²) >= 11 is 7.17. The van der Waals surface area contributed by atoms with Crippen LogP contribution < -0.4 is 66.2 Å². The highest BCUT2D eigenvalue weighted by Crippen LogP contribution is 2.55. The average molecular weight is 1650 g/mol. The van der Waals surface area contributed by atoms with Crippen molar-refractivity contribution >= 4 is 68.9 Å². The molecule has 0 spiro atoms. The second-order valence-corrected chi connectivity index (χ2v) is 33.4. The number of nitrogens with one attached hydrogen (secondary N) is 9. The maximum Gasteiger partial charge on any atom is 0.264 e. The number of likely N-dealkylation sites (N-methyl/N-ethyl adjacent to an activating group) is 2. The number of aryl methyl sites for hydroxylation is 1. The van der Waals surface area contributed by atoms with E-state index in [-0.39, 0.29) is 93.0 Å². The molecule has 6 aromatic rings. The molecule has 15 bridgehead atoms. The van der Waals surface area contributed by atoms with Crippen LogP contribution in [-0.2, 0) is 53.1 Å². The van der Waals surface area contributed by atoms with E-state index in [0.29, 0.717) is 18.4 Å². The Morgan fingerprint density at radius 3 is 1.92 bits per heavy atom. The SMILES string of the molecule is CN[C@H](CC(C)C)C(=O)N[C@H]1C(=O)N[C@@H](CC(=O)NS(=O)(=O)c2ccc(OCCN(C)C)cc2)C(=O)N[C@H]2C(=O)N[C@H]3C(=O)N[C@H](C(=O)N[C@H](C(=O)NC4C5CC6CC(C5)CC4C6)c4cc(O)cc(O)c4-c4cc3ccc4O)[C@H](O)c3ccc(c(Cl)c3)Oc3cc2cc(c3O[C@@H]2O[C@H](CO)[C@@H](O)[C@H](O)[C@H]2O)Oc2ccc(cc2C)[C@H]1O. The van der Waals surface area contributed by atoms with Crippen molar-refractivity contribution in [3.63, 3.8) is 0 Å². The predicted octanol–water partition coefficient (Wildman–Crippen LogP) is 2.34. The largest absolute Gasteiger partial charge is 0.508 e. The van der Waals surface area contributed by atoms with Crippen molar-refractivity contribution in [3.05, 3.63) is 142 Å². The quantitative estimate of drug-likeness (QED) is 0.0587. The van der Waals surface area contributed by atoms with Gasteiger partial charge in [-0.05, 0) is 208 Å². The van der Waals surface area contributed by atoms with Crippen LogP contribution in [0.5, 0.6) is 51.7 Å². The van der Waals surface area contributed by atoms with Crippen LogP contribution in [0.25, 0.3) is 11.1 Å². The Labute approximate surface area is 671 Å². The van der Waals surface area contributed by atoms with Crippen LogP contribution in [0.15, 0.2) is 108 Å². The van der Waals surface area contributed by atoms with Crippen molar-refractivity contribution in [1.82, 2.24) is 52.2 Å². The summed E-state index contributed by atoms with van der Waals surface area (Å²) in [5.41, 5.74) is -2.02. The fraction of sp³-hybridized carbons (Fsp3) is 0.450. The van der Waals surface area contributed by atoms with Crippen molar-refractivity contribution in [2.45, 2.75) is 162 Å². The number of halogens is 1. The Bertz CT molecular complexity index is 4890. The number of carbonyl (C=O) groups excluding carboxylic acids is 8. The van der Waals surface area contributed by atoms with Gasteiger partial charge in [-0.3, -0.25) is 38.4 Å². The third-order valence-electron chi connectivity index (χ3n) is 22.4. The van der Waals surface area contributed by atoms with Crippen LogP contribution in [0.3, 0.4) is 0 Å². The lowest BCUT2D eigenvalue weighted by Crippen LogP contribution is -2.60. The Hall–Kier alpha value is -10.4. The summed E-state index contributed by atoms with van der Waals surface area (Å²) in [5, 5.41) is 126. The maximum atomic E-state index is 16.4. The average Bonchev–Trinajstić information content (AvgIpc) is 0.757. The summed E-state index contributed by atoms with van der Waals surface area (Å²) in [6, 6.07) is 5.00. The van der Waals surface area contributed by atoms with Crippen molar-refractivity contribution in [3.8, 4) is 62.9 Å². The topological polar surface area (TPSA) is 510 Å². The van der Waals surface area contributed by atoms with Gasteiger partial charge in [0.25, 0.3) is 10.0 Å². The number of aromatic hydroxyl groups is 3. The molecule has 6 aliphatic heterocycles. The van der Waals surface area contributed by atoms with Crippen LogP contribution in [0.4, 0.5) is 0 Å². The fourth-order valence-electron chi connectivity index (χ4n) is 16.6. The molecule has 1 saturated heterocycles. The second kappa shape index (κ2) is 34.4. The van der Waals surface area contributed by atoms with E-state index < -0.39 is 205 Å². The van der Waals surface area contributed by atoms with Gasteiger partial charge in [-0.1, -0.05) is 43.6 Å². The maximum absolute atomic E-state index is 16.4. The molecule has 4 aliphatic carbocycles. The Morgan fingerprint density at radius 2 is 1.28 bits per heavy atom. The van der Waals surface area contributed by atoms with Gasteiger partial charge in [0.1, 0.15) is 114 Å². The number of nitrogens with zero attached hydrogens (tertiary/aromatic N) is 1. The number of benzene rings is 6. The number of sulfonamides is 1. The summed E-state index contributed by atoms with van der Waals surface area (Å²) in [7, 11) is 0.216. The van der Waals surface area contributed by atoms with Crippen LogP contribution in [-0.4, -0.2) is 208 Å². The number of phenols is 3. The van der Waals surface area contributed by atoms with E-state index in [1.54, 1.807) is 0 Å². The molecule has 16 rings (SSSR count). The summed E-state index contributed by atoms with van der Waals surface area (Å²) in [6.07, 6.45) is -10.9. The number of amides is 8. The van der Waals surface area contributed by atoms with E-state index in [2.05, 4.69) is 42.5 Å². The molecule has 10 aliphatic rings. The number of rotatable bonds is 18. The highest BCUT2D eigenvalue weighted by atomic mass is 35.5. The molecule has 36 heteroatoms. The van der Waals surface area contributed by atoms with Crippen LogP contribution in [0, 0.1) is 36.5 Å². The van der Waals surface area contributed by atoms with Crippen LogP contribution >= 0.6 is 11.6 Å². The van der Waals surface area contributed by atoms with Gasteiger partial charge in [0.2, 0.25) is 59.3 Å². The van der Waals surface area contributed by atoms with E-state index in [0.717, 1.165) is 92.8 Å². The molecular weight excluding hydrogens is 1550 g/mol. The molecule has 8 amide bonds. The van der Waals surface area contributed by atoms with Gasteiger partial charge in [-0.15, -0.1) is 0 Å². The molecule has 14 atom stereocenters. The molecule has 5 fully saturated rings. The Morgan fingerprint density at radius 1 is 0.655 bits per heavy atom. The van der Waals surface area contributed by atoms with E-state index in [1.807, 2.05) is 37.6 Å². The molecule has 0 aromatic heterocycles. The number of fused-ring (bicyclic) bond motifs is 15. The van der Waals surface area contributed by atoms with E-state index in [9.17, 15) is 64.0 Å². The zero-order chi connectivity index (χ0) is 83.2. The normalized spacial score (nSPS) is 28.0. The smallest absolute Gasteiger partial charge is 0.264 e. The van der Waals surface area contributed by atoms with E-state index in [4.69, 9.17) is 35.3 Å². The summed E-state index contributed by atoms with van der Waals surface area (Å²) in [6.45, 7) is 4.87. The van der Waals surface area contributed by atoms with Gasteiger partial charge in [0.15, 0.2) is 11.5 Å². The fourth-order valence-corrected chi connectivity index (χ4v) is 17.9. The van der Waals surface area contributed by atoms with Crippen molar-refractivity contribution in [1.29, 1.82) is 0 Å². The number of aliphatic hydroxyl groups is 6. The first-order chi connectivity index (χ1) is 55.1. The molecule has 6 aromatic carbocycles. The molecule has 116 heavy (non-hydrogen) atoms. The third kappa shape index (κ3) is 17.8. The van der Waals surface area contributed by atoms with Crippen molar-refractivity contribution in [2.24, 2.45) is 29.6 Å². The van der Waals surface area contributed by atoms with Crippen LogP contribution in [0.1, 0.15) is 123 Å². The van der Waals surface area contributed by atoms with Crippen LogP contribution in [0.2, 0.25) is 5.02 Å². The van der Waals surface area contributed by atoms with Gasteiger partial charge < -0.3 is 117 Å². The molecule has 620 valence electrons. The molecular formula is C80H93ClN10O24S. The number of ether oxygens (including phenoxy) is 5.